The number of aromatic nitrogens is 2. The highest BCUT2D eigenvalue weighted by atomic mass is 19.1. The van der Waals surface area contributed by atoms with Crippen molar-refractivity contribution in [2.24, 2.45) is 5.73 Å². The second-order valence-electron chi connectivity index (χ2n) is 4.36. The Balaban J connectivity index is 2.12. The van der Waals surface area contributed by atoms with Crippen molar-refractivity contribution in [2.45, 2.75) is 19.4 Å². The predicted molar refractivity (Wildman–Crippen MR) is 70.4 cm³/mol. The molecule has 0 saturated carbocycles. The number of ether oxygens (including phenoxy) is 1. The molecule has 0 saturated heterocycles. The molecule has 2 rings (SSSR count). The minimum Gasteiger partial charge on any atom is -0.494 e. The molecular formula is C14H16FN3O. The van der Waals surface area contributed by atoms with Crippen LogP contribution in [0.25, 0.3) is 0 Å². The van der Waals surface area contributed by atoms with Crippen molar-refractivity contribution < 1.29 is 9.13 Å². The van der Waals surface area contributed by atoms with Gasteiger partial charge in [-0.3, -0.25) is 9.97 Å². The molecule has 100 valence electrons. The first kappa shape index (κ1) is 13.4. The van der Waals surface area contributed by atoms with Crippen LogP contribution >= 0.6 is 0 Å². The molecule has 1 unspecified atom stereocenters. The van der Waals surface area contributed by atoms with Gasteiger partial charge in [0.25, 0.3) is 0 Å². The van der Waals surface area contributed by atoms with E-state index in [0.717, 1.165) is 11.3 Å². The molecule has 0 aliphatic rings. The van der Waals surface area contributed by atoms with Crippen molar-refractivity contribution in [3.63, 3.8) is 0 Å². The van der Waals surface area contributed by atoms with Crippen LogP contribution < -0.4 is 10.5 Å². The number of aryl methyl sites for hydroxylation is 1. The Morgan fingerprint density at radius 1 is 1.32 bits per heavy atom. The van der Waals surface area contributed by atoms with Crippen LogP contribution in [0.5, 0.6) is 5.75 Å². The lowest BCUT2D eigenvalue weighted by Crippen LogP contribution is -2.15. The maximum atomic E-state index is 13.6. The van der Waals surface area contributed by atoms with Crippen molar-refractivity contribution in [3.05, 3.63) is 53.4 Å². The van der Waals surface area contributed by atoms with Gasteiger partial charge in [-0.1, -0.05) is 6.07 Å². The number of hydrogen-bond acceptors (Lipinski definition) is 4. The number of methoxy groups -OCH3 is 1. The molecular weight excluding hydrogens is 245 g/mol. The zero-order chi connectivity index (χ0) is 13.8. The van der Waals surface area contributed by atoms with E-state index in [1.165, 1.54) is 13.2 Å². The average Bonchev–Trinajstić information content (AvgIpc) is 2.39. The van der Waals surface area contributed by atoms with Crippen molar-refractivity contribution in [1.82, 2.24) is 9.97 Å². The summed E-state index contributed by atoms with van der Waals surface area (Å²) < 4.78 is 18.4. The summed E-state index contributed by atoms with van der Waals surface area (Å²) in [6.07, 6.45) is 3.82. The predicted octanol–water partition coefficient (Wildman–Crippen LogP) is 2.18. The zero-order valence-electron chi connectivity index (χ0n) is 10.9. The fourth-order valence-electron chi connectivity index (χ4n) is 1.79. The van der Waals surface area contributed by atoms with E-state index >= 15 is 0 Å². The fraction of sp³-hybridized carbons (Fsp3) is 0.286. The SMILES string of the molecule is COc1ccc(CC(N)c2cnc(C)cn2)cc1F. The molecule has 0 aliphatic heterocycles. The van der Waals surface area contributed by atoms with Gasteiger partial charge in [0.1, 0.15) is 0 Å². The minimum absolute atomic E-state index is 0.229. The number of rotatable bonds is 4. The summed E-state index contributed by atoms with van der Waals surface area (Å²) in [4.78, 5) is 8.37. The van der Waals surface area contributed by atoms with E-state index in [2.05, 4.69) is 9.97 Å². The Kier molecular flexibility index (Phi) is 4.06. The van der Waals surface area contributed by atoms with Crippen molar-refractivity contribution in [3.8, 4) is 5.75 Å². The second-order valence-corrected chi connectivity index (χ2v) is 4.36. The maximum Gasteiger partial charge on any atom is 0.165 e. The molecule has 0 aliphatic carbocycles. The third-order valence-electron chi connectivity index (χ3n) is 2.85. The van der Waals surface area contributed by atoms with E-state index in [0.29, 0.717) is 12.1 Å². The molecule has 4 nitrogen and oxygen atoms in total. The van der Waals surface area contributed by atoms with Gasteiger partial charge in [0.2, 0.25) is 0 Å². The Bertz CT molecular complexity index is 557. The molecule has 2 aromatic rings. The molecule has 1 heterocycles. The highest BCUT2D eigenvalue weighted by molar-refractivity contribution is 5.30. The lowest BCUT2D eigenvalue weighted by molar-refractivity contribution is 0.386. The highest BCUT2D eigenvalue weighted by Gasteiger charge is 2.11. The van der Waals surface area contributed by atoms with Crippen LogP contribution in [0.4, 0.5) is 4.39 Å². The van der Waals surface area contributed by atoms with E-state index in [1.807, 2.05) is 6.92 Å². The first-order valence-corrected chi connectivity index (χ1v) is 5.96. The summed E-state index contributed by atoms with van der Waals surface area (Å²) in [6.45, 7) is 1.86. The van der Waals surface area contributed by atoms with Gasteiger partial charge in [-0.25, -0.2) is 4.39 Å². The second kappa shape index (κ2) is 5.75. The number of nitrogens with two attached hydrogens (primary N) is 1. The van der Waals surface area contributed by atoms with Crippen LogP contribution in [-0.4, -0.2) is 17.1 Å². The highest BCUT2D eigenvalue weighted by Crippen LogP contribution is 2.20. The van der Waals surface area contributed by atoms with Crippen LogP contribution in [0, 0.1) is 12.7 Å². The number of halogens is 1. The van der Waals surface area contributed by atoms with Gasteiger partial charge in [0.15, 0.2) is 11.6 Å². The molecule has 2 N–H and O–H groups in total. The Labute approximate surface area is 111 Å². The smallest absolute Gasteiger partial charge is 0.165 e. The average molecular weight is 261 g/mol. The molecule has 0 radical (unpaired) electrons. The summed E-state index contributed by atoms with van der Waals surface area (Å²) >= 11 is 0. The largest absolute Gasteiger partial charge is 0.494 e. The van der Waals surface area contributed by atoms with E-state index in [4.69, 9.17) is 10.5 Å². The summed E-state index contributed by atoms with van der Waals surface area (Å²) in [5.74, 6) is -0.158. The Morgan fingerprint density at radius 3 is 2.68 bits per heavy atom. The molecule has 5 heteroatoms. The van der Waals surface area contributed by atoms with E-state index < -0.39 is 0 Å². The topological polar surface area (TPSA) is 61.0 Å². The molecule has 1 aromatic heterocycles. The summed E-state index contributed by atoms with van der Waals surface area (Å²) in [5.41, 5.74) is 8.38. The van der Waals surface area contributed by atoms with Gasteiger partial charge >= 0.3 is 0 Å². The molecule has 0 spiro atoms. The molecule has 19 heavy (non-hydrogen) atoms. The summed E-state index contributed by atoms with van der Waals surface area (Å²) in [6, 6.07) is 4.52. The van der Waals surface area contributed by atoms with Gasteiger partial charge in [-0.2, -0.15) is 0 Å². The van der Waals surface area contributed by atoms with E-state index in [1.54, 1.807) is 24.5 Å². The summed E-state index contributed by atoms with van der Waals surface area (Å²) in [7, 11) is 1.44. The molecule has 0 bridgehead atoms. The van der Waals surface area contributed by atoms with Gasteiger partial charge in [0.05, 0.1) is 30.7 Å². The molecule has 1 atom stereocenters. The zero-order valence-corrected chi connectivity index (χ0v) is 10.9. The van der Waals surface area contributed by atoms with Gasteiger partial charge < -0.3 is 10.5 Å². The number of hydrogen-bond donors (Lipinski definition) is 1. The maximum absolute atomic E-state index is 13.6. The minimum atomic E-state index is -0.387. The first-order chi connectivity index (χ1) is 9.10. The number of nitrogens with zero attached hydrogens (tertiary/aromatic N) is 2. The van der Waals surface area contributed by atoms with Crippen molar-refractivity contribution in [1.29, 1.82) is 0 Å². The molecule has 0 amide bonds. The first-order valence-electron chi connectivity index (χ1n) is 5.96. The van der Waals surface area contributed by atoms with Crippen LogP contribution in [-0.2, 0) is 6.42 Å². The van der Waals surface area contributed by atoms with Gasteiger partial charge in [-0.15, -0.1) is 0 Å². The lowest BCUT2D eigenvalue weighted by atomic mass is 10.0. The van der Waals surface area contributed by atoms with E-state index in [-0.39, 0.29) is 17.6 Å². The molecule has 0 fully saturated rings. The summed E-state index contributed by atoms with van der Waals surface area (Å²) in [5, 5.41) is 0. The normalized spacial score (nSPS) is 12.2. The van der Waals surface area contributed by atoms with Gasteiger partial charge in [0, 0.05) is 6.20 Å². The van der Waals surface area contributed by atoms with Crippen LogP contribution in [0.3, 0.4) is 0 Å². The fourth-order valence-corrected chi connectivity index (χ4v) is 1.79. The van der Waals surface area contributed by atoms with Crippen molar-refractivity contribution >= 4 is 0 Å². The quantitative estimate of drug-likeness (QED) is 0.916. The van der Waals surface area contributed by atoms with Crippen LogP contribution in [0.15, 0.2) is 30.6 Å². The van der Waals surface area contributed by atoms with Crippen LogP contribution in [0.2, 0.25) is 0 Å². The lowest BCUT2D eigenvalue weighted by Gasteiger charge is -2.11. The van der Waals surface area contributed by atoms with Crippen LogP contribution in [0.1, 0.15) is 23.0 Å². The number of benzene rings is 1. The Hall–Kier alpha value is -2.01. The Morgan fingerprint density at radius 2 is 2.11 bits per heavy atom. The third-order valence-corrected chi connectivity index (χ3v) is 2.85. The van der Waals surface area contributed by atoms with Gasteiger partial charge in [-0.05, 0) is 31.0 Å². The van der Waals surface area contributed by atoms with Crippen molar-refractivity contribution in [2.75, 3.05) is 7.11 Å². The standard InChI is InChI=1S/C14H16FN3O/c1-9-7-18-13(8-17-9)12(16)6-10-3-4-14(19-2)11(15)5-10/h3-5,7-8,12H,6,16H2,1-2H3. The molecule has 1 aromatic carbocycles. The van der Waals surface area contributed by atoms with E-state index in [9.17, 15) is 4.39 Å². The third kappa shape index (κ3) is 3.26. The monoisotopic (exact) mass is 261 g/mol.